The van der Waals surface area contributed by atoms with Gasteiger partial charge >= 0.3 is 6.09 Å². The third-order valence-corrected chi connectivity index (χ3v) is 3.36. The van der Waals surface area contributed by atoms with Gasteiger partial charge < -0.3 is 9.84 Å². The van der Waals surface area contributed by atoms with Crippen LogP contribution in [0.4, 0.5) is 4.79 Å². The van der Waals surface area contributed by atoms with Crippen LogP contribution in [0.2, 0.25) is 0 Å². The fourth-order valence-electron chi connectivity index (χ4n) is 1.96. The lowest BCUT2D eigenvalue weighted by molar-refractivity contribution is 0.0562. The predicted octanol–water partition coefficient (Wildman–Crippen LogP) is 4.12. The van der Waals surface area contributed by atoms with E-state index < -0.39 is 17.8 Å². The maximum Gasteiger partial charge on any atom is 0.413 e. The molecule has 0 aromatic heterocycles. The van der Waals surface area contributed by atoms with Crippen LogP contribution in [0.1, 0.15) is 53.9 Å². The van der Waals surface area contributed by atoms with Gasteiger partial charge in [0.1, 0.15) is 11.4 Å². The summed E-state index contributed by atoms with van der Waals surface area (Å²) < 4.78 is 5.26. The third-order valence-electron chi connectivity index (χ3n) is 3.15. The highest BCUT2D eigenvalue weighted by Gasteiger charge is 2.35. The molecule has 1 rings (SSSR count). The predicted molar refractivity (Wildman–Crippen MR) is 93.5 cm³/mol. The molecule has 0 saturated heterocycles. The van der Waals surface area contributed by atoms with Crippen LogP contribution in [0, 0.1) is 5.92 Å². The van der Waals surface area contributed by atoms with Crippen molar-refractivity contribution in [1.82, 2.24) is 5.32 Å². The molecule has 1 saturated carbocycles. The molecule has 5 nitrogen and oxygen atoms in total. The van der Waals surface area contributed by atoms with Gasteiger partial charge in [-0.05, 0) is 52.9 Å². The van der Waals surface area contributed by atoms with E-state index >= 15 is 0 Å². The highest BCUT2D eigenvalue weighted by Crippen LogP contribution is 2.37. The molecule has 23 heavy (non-hydrogen) atoms. The summed E-state index contributed by atoms with van der Waals surface area (Å²) in [5, 5.41) is 13.5. The van der Waals surface area contributed by atoms with Crippen LogP contribution in [0.5, 0.6) is 0 Å². The fraction of sp³-hybridized carbons (Fsp3) is 0.647. The van der Waals surface area contributed by atoms with Crippen molar-refractivity contribution >= 4 is 23.5 Å². The number of amides is 1. The summed E-state index contributed by atoms with van der Waals surface area (Å²) in [6.07, 6.45) is 4.77. The summed E-state index contributed by atoms with van der Waals surface area (Å²) in [4.78, 5) is 16.3. The second kappa shape index (κ2) is 8.50. The molecule has 1 amide bonds. The van der Waals surface area contributed by atoms with Gasteiger partial charge in [-0.15, -0.1) is 0 Å². The Bertz CT molecular complexity index is 510. The van der Waals surface area contributed by atoms with Crippen LogP contribution >= 0.6 is 11.6 Å². The number of hydrogen-bond acceptors (Lipinski definition) is 4. The monoisotopic (exact) mass is 342 g/mol. The van der Waals surface area contributed by atoms with Crippen molar-refractivity contribution in [2.24, 2.45) is 10.9 Å². The van der Waals surface area contributed by atoms with Crippen LogP contribution in [0.25, 0.3) is 0 Å². The van der Waals surface area contributed by atoms with Crippen molar-refractivity contribution in [3.05, 3.63) is 22.9 Å². The Balaban J connectivity index is 3.03. The number of rotatable bonds is 5. The van der Waals surface area contributed by atoms with Gasteiger partial charge in [0.2, 0.25) is 0 Å². The zero-order valence-corrected chi connectivity index (χ0v) is 15.3. The first-order valence-electron chi connectivity index (χ1n) is 7.93. The zero-order valence-electron chi connectivity index (χ0n) is 14.5. The minimum atomic E-state index is -0.740. The number of carbonyl (C=O) groups excluding carboxylic acids is 1. The number of aliphatic hydroxyl groups excluding tert-OH is 1. The quantitative estimate of drug-likeness (QED) is 0.583. The van der Waals surface area contributed by atoms with Crippen LogP contribution in [0.15, 0.2) is 27.9 Å². The number of aliphatic hydroxyl groups is 1. The standard InChI is InChI=1S/C17H27ClN2O3/c1-6-7-10-19-15(20-16(22)23-17(3,4)5)13(11(2)18)14(21)12-8-9-12/h7,10,12,14,21H,6,8-9H2,1-5H3,(H,19,20,22)/b10-7+,13-11+. The van der Waals surface area contributed by atoms with Gasteiger partial charge in [-0.1, -0.05) is 24.6 Å². The molecule has 6 heteroatoms. The Morgan fingerprint density at radius 3 is 2.52 bits per heavy atom. The summed E-state index contributed by atoms with van der Waals surface area (Å²) in [5.74, 6) is 0.398. The lowest BCUT2D eigenvalue weighted by Crippen LogP contribution is -2.39. The number of nitrogens with zero attached hydrogens (tertiary/aromatic N) is 1. The lowest BCUT2D eigenvalue weighted by atomic mass is 10.0. The number of amidine groups is 1. The van der Waals surface area contributed by atoms with Crippen molar-refractivity contribution in [2.75, 3.05) is 0 Å². The van der Waals surface area contributed by atoms with E-state index in [0.717, 1.165) is 19.3 Å². The summed E-state index contributed by atoms with van der Waals surface area (Å²) in [6.45, 7) is 9.00. The number of aliphatic imine (C=N–C) groups is 1. The van der Waals surface area contributed by atoms with E-state index in [1.54, 1.807) is 33.9 Å². The van der Waals surface area contributed by atoms with Crippen molar-refractivity contribution in [3.63, 3.8) is 0 Å². The van der Waals surface area contributed by atoms with Crippen LogP contribution in [-0.2, 0) is 4.74 Å². The molecule has 1 unspecified atom stereocenters. The van der Waals surface area contributed by atoms with E-state index in [1.165, 1.54) is 0 Å². The van der Waals surface area contributed by atoms with Crippen LogP contribution < -0.4 is 5.32 Å². The lowest BCUT2D eigenvalue weighted by Gasteiger charge is -2.22. The first kappa shape index (κ1) is 19.7. The van der Waals surface area contributed by atoms with Crippen molar-refractivity contribution < 1.29 is 14.6 Å². The topological polar surface area (TPSA) is 70.9 Å². The SMILES string of the molecule is CC/C=C/N=C(NC(=O)OC(C)(C)C)/C(=C(\C)Cl)C(O)C1CC1. The first-order chi connectivity index (χ1) is 10.7. The summed E-state index contributed by atoms with van der Waals surface area (Å²) >= 11 is 6.16. The summed E-state index contributed by atoms with van der Waals surface area (Å²) in [7, 11) is 0. The number of ether oxygens (including phenoxy) is 1. The average Bonchev–Trinajstić information content (AvgIpc) is 3.20. The Labute approximate surface area is 143 Å². The normalized spacial score (nSPS) is 18.7. The molecule has 1 aliphatic carbocycles. The molecule has 0 spiro atoms. The molecule has 1 atom stereocenters. The number of nitrogens with one attached hydrogen (secondary N) is 1. The summed E-state index contributed by atoms with van der Waals surface area (Å²) in [5.41, 5.74) is -0.176. The highest BCUT2D eigenvalue weighted by molar-refractivity contribution is 6.32. The van der Waals surface area contributed by atoms with Gasteiger partial charge in [0, 0.05) is 16.8 Å². The van der Waals surface area contributed by atoms with Crippen LogP contribution in [0.3, 0.4) is 0 Å². The van der Waals surface area contributed by atoms with Crippen molar-refractivity contribution in [2.45, 2.75) is 65.6 Å². The third kappa shape index (κ3) is 7.18. The molecule has 0 radical (unpaired) electrons. The minimum absolute atomic E-state index is 0.166. The average molecular weight is 343 g/mol. The number of carbonyl (C=O) groups is 1. The zero-order chi connectivity index (χ0) is 17.6. The fourth-order valence-corrected chi connectivity index (χ4v) is 2.16. The molecule has 0 heterocycles. The van der Waals surface area contributed by atoms with E-state index in [-0.39, 0.29) is 11.8 Å². The molecule has 0 aliphatic heterocycles. The van der Waals surface area contributed by atoms with Crippen molar-refractivity contribution in [1.29, 1.82) is 0 Å². The smallest absolute Gasteiger partial charge is 0.413 e. The minimum Gasteiger partial charge on any atom is -0.444 e. The number of allylic oxidation sites excluding steroid dienone is 2. The Kier molecular flexibility index (Phi) is 7.29. The van der Waals surface area contributed by atoms with Crippen molar-refractivity contribution in [3.8, 4) is 0 Å². The van der Waals surface area contributed by atoms with Gasteiger partial charge in [0.25, 0.3) is 0 Å². The van der Waals surface area contributed by atoms with E-state index in [1.807, 2.05) is 13.0 Å². The Morgan fingerprint density at radius 2 is 2.09 bits per heavy atom. The largest absolute Gasteiger partial charge is 0.444 e. The van der Waals surface area contributed by atoms with Crippen LogP contribution in [-0.4, -0.2) is 28.7 Å². The molecule has 0 aromatic carbocycles. The number of alkyl carbamates (subject to hydrolysis) is 1. The van der Waals surface area contributed by atoms with Gasteiger partial charge in [-0.25, -0.2) is 9.79 Å². The second-order valence-electron chi connectivity index (χ2n) is 6.63. The molecular weight excluding hydrogens is 316 g/mol. The van der Waals surface area contributed by atoms with Gasteiger partial charge in [-0.3, -0.25) is 5.32 Å². The molecule has 2 N–H and O–H groups in total. The van der Waals surface area contributed by atoms with E-state index in [2.05, 4.69) is 10.3 Å². The van der Waals surface area contributed by atoms with Gasteiger partial charge in [-0.2, -0.15) is 0 Å². The van der Waals surface area contributed by atoms with Gasteiger partial charge in [0.15, 0.2) is 0 Å². The molecule has 0 aromatic rings. The first-order valence-corrected chi connectivity index (χ1v) is 8.31. The Hall–Kier alpha value is -1.33. The molecule has 0 bridgehead atoms. The molecule has 1 aliphatic rings. The Morgan fingerprint density at radius 1 is 1.48 bits per heavy atom. The number of halogens is 1. The second-order valence-corrected chi connectivity index (χ2v) is 7.19. The highest BCUT2D eigenvalue weighted by atomic mass is 35.5. The molecule has 1 fully saturated rings. The van der Waals surface area contributed by atoms with Gasteiger partial charge in [0.05, 0.1) is 6.10 Å². The maximum absolute atomic E-state index is 12.1. The number of hydrogen-bond donors (Lipinski definition) is 2. The maximum atomic E-state index is 12.1. The molecular formula is C17H27ClN2O3. The molecule has 130 valence electrons. The summed E-state index contributed by atoms with van der Waals surface area (Å²) in [6, 6.07) is 0. The van der Waals surface area contributed by atoms with E-state index in [0.29, 0.717) is 10.6 Å². The van der Waals surface area contributed by atoms with E-state index in [4.69, 9.17) is 16.3 Å². The van der Waals surface area contributed by atoms with E-state index in [9.17, 15) is 9.90 Å².